The van der Waals surface area contributed by atoms with Gasteiger partial charge >= 0.3 is 0 Å². The Bertz CT molecular complexity index is 743. The van der Waals surface area contributed by atoms with Crippen LogP contribution in [0.4, 0.5) is 5.69 Å². The van der Waals surface area contributed by atoms with Crippen LogP contribution in [0.5, 0.6) is 0 Å². The lowest BCUT2D eigenvalue weighted by Crippen LogP contribution is -2.10. The number of rotatable bonds is 2. The maximum absolute atomic E-state index is 12.2. The van der Waals surface area contributed by atoms with Gasteiger partial charge in [0.2, 0.25) is 0 Å². The molecule has 19 heavy (non-hydrogen) atoms. The number of anilines is 1. The van der Waals surface area contributed by atoms with E-state index in [4.69, 9.17) is 0 Å². The number of aromatic amines is 1. The normalized spacial score (nSPS) is 10.8. The molecular weight excluding hydrogens is 326 g/mol. The molecule has 1 amide bonds. The first-order valence-corrected chi connectivity index (χ1v) is 7.25. The van der Waals surface area contributed by atoms with Crippen molar-refractivity contribution < 1.29 is 4.79 Å². The molecule has 3 aromatic rings. The molecule has 0 radical (unpaired) electrons. The van der Waals surface area contributed by atoms with Crippen LogP contribution in [0.3, 0.4) is 0 Å². The van der Waals surface area contributed by atoms with E-state index in [1.54, 1.807) is 6.20 Å². The molecule has 2 heterocycles. The first kappa shape index (κ1) is 12.4. The average Bonchev–Trinajstić information content (AvgIpc) is 2.98. The van der Waals surface area contributed by atoms with E-state index in [1.165, 1.54) is 11.3 Å². The Kier molecular flexibility index (Phi) is 3.12. The van der Waals surface area contributed by atoms with Gasteiger partial charge in [-0.05, 0) is 46.6 Å². The highest BCUT2D eigenvalue weighted by Crippen LogP contribution is 2.28. The number of aromatic nitrogens is 2. The van der Waals surface area contributed by atoms with E-state index in [0.717, 1.165) is 25.9 Å². The van der Waals surface area contributed by atoms with Crippen LogP contribution in [0.1, 0.15) is 15.2 Å². The number of halogens is 1. The highest BCUT2D eigenvalue weighted by atomic mass is 79.9. The van der Waals surface area contributed by atoms with E-state index < -0.39 is 0 Å². The Balaban J connectivity index is 1.92. The van der Waals surface area contributed by atoms with Crippen LogP contribution < -0.4 is 5.32 Å². The Morgan fingerprint density at radius 2 is 2.32 bits per heavy atom. The van der Waals surface area contributed by atoms with Crippen molar-refractivity contribution in [2.24, 2.45) is 0 Å². The smallest absolute Gasteiger partial charge is 0.265 e. The summed E-state index contributed by atoms with van der Waals surface area (Å²) in [5.74, 6) is -0.104. The van der Waals surface area contributed by atoms with E-state index in [9.17, 15) is 4.79 Å². The third-order valence-electron chi connectivity index (χ3n) is 2.81. The standard InChI is InChI=1S/C13H10BrN3OS/c1-7-5-11(19-12(7)14)13(18)16-9-3-2-4-10-8(9)6-15-17-10/h2-6H,1H3,(H,15,17)(H,16,18). The van der Waals surface area contributed by atoms with Gasteiger partial charge in [-0.2, -0.15) is 5.10 Å². The number of aryl methyl sites for hydroxylation is 1. The maximum Gasteiger partial charge on any atom is 0.265 e. The molecule has 0 fully saturated rings. The molecule has 0 aliphatic heterocycles. The number of hydrogen-bond acceptors (Lipinski definition) is 3. The van der Waals surface area contributed by atoms with Gasteiger partial charge in [0, 0.05) is 5.39 Å². The Morgan fingerprint density at radius 3 is 3.05 bits per heavy atom. The van der Waals surface area contributed by atoms with Crippen LogP contribution in [0.15, 0.2) is 34.2 Å². The van der Waals surface area contributed by atoms with Gasteiger partial charge in [0.25, 0.3) is 5.91 Å². The number of fused-ring (bicyclic) bond motifs is 1. The molecule has 0 saturated heterocycles. The van der Waals surface area contributed by atoms with Crippen molar-refractivity contribution in [3.63, 3.8) is 0 Å². The number of carbonyl (C=O) groups excluding carboxylic acids is 1. The van der Waals surface area contributed by atoms with Crippen LogP contribution in [0.25, 0.3) is 10.9 Å². The summed E-state index contributed by atoms with van der Waals surface area (Å²) in [4.78, 5) is 12.9. The second-order valence-electron chi connectivity index (χ2n) is 4.16. The predicted octanol–water partition coefficient (Wildman–Crippen LogP) is 3.95. The number of hydrogen-bond donors (Lipinski definition) is 2. The third kappa shape index (κ3) is 2.29. The number of thiophene rings is 1. The van der Waals surface area contributed by atoms with Gasteiger partial charge in [-0.3, -0.25) is 9.89 Å². The second-order valence-corrected chi connectivity index (χ2v) is 6.53. The summed E-state index contributed by atoms with van der Waals surface area (Å²) in [6.45, 7) is 1.97. The molecule has 6 heteroatoms. The molecule has 0 saturated carbocycles. The fourth-order valence-corrected chi connectivity index (χ4v) is 3.26. The van der Waals surface area contributed by atoms with E-state index in [2.05, 4.69) is 31.4 Å². The summed E-state index contributed by atoms with van der Waals surface area (Å²) in [7, 11) is 0. The van der Waals surface area contributed by atoms with Crippen molar-refractivity contribution in [1.29, 1.82) is 0 Å². The molecule has 0 unspecified atom stereocenters. The topological polar surface area (TPSA) is 57.8 Å². The molecule has 1 aromatic carbocycles. The zero-order valence-electron chi connectivity index (χ0n) is 10.0. The zero-order chi connectivity index (χ0) is 13.4. The van der Waals surface area contributed by atoms with E-state index >= 15 is 0 Å². The highest BCUT2D eigenvalue weighted by Gasteiger charge is 2.13. The van der Waals surface area contributed by atoms with Gasteiger partial charge in [-0.1, -0.05) is 6.07 Å². The number of benzene rings is 1. The van der Waals surface area contributed by atoms with Crippen LogP contribution >= 0.6 is 27.3 Å². The Hall–Kier alpha value is -1.66. The fraction of sp³-hybridized carbons (Fsp3) is 0.0769. The van der Waals surface area contributed by atoms with Crippen molar-refractivity contribution in [2.45, 2.75) is 6.92 Å². The minimum absolute atomic E-state index is 0.104. The molecule has 3 rings (SSSR count). The lowest BCUT2D eigenvalue weighted by molar-refractivity contribution is 0.103. The molecule has 0 spiro atoms. The quantitative estimate of drug-likeness (QED) is 0.744. The lowest BCUT2D eigenvalue weighted by Gasteiger charge is -2.04. The number of carbonyl (C=O) groups is 1. The fourth-order valence-electron chi connectivity index (χ4n) is 1.83. The van der Waals surface area contributed by atoms with Crippen molar-refractivity contribution in [3.05, 3.63) is 44.7 Å². The number of nitrogens with one attached hydrogen (secondary N) is 2. The van der Waals surface area contributed by atoms with Gasteiger partial charge in [0.1, 0.15) is 0 Å². The van der Waals surface area contributed by atoms with Gasteiger partial charge in [-0.15, -0.1) is 11.3 Å². The van der Waals surface area contributed by atoms with Gasteiger partial charge in [0.05, 0.1) is 26.1 Å². The summed E-state index contributed by atoms with van der Waals surface area (Å²) >= 11 is 4.86. The highest BCUT2D eigenvalue weighted by molar-refractivity contribution is 9.11. The van der Waals surface area contributed by atoms with Gasteiger partial charge in [-0.25, -0.2) is 0 Å². The average molecular weight is 336 g/mol. The molecule has 2 aromatic heterocycles. The minimum atomic E-state index is -0.104. The largest absolute Gasteiger partial charge is 0.321 e. The predicted molar refractivity (Wildman–Crippen MR) is 80.8 cm³/mol. The minimum Gasteiger partial charge on any atom is -0.321 e. The van der Waals surface area contributed by atoms with Crippen LogP contribution in [-0.4, -0.2) is 16.1 Å². The lowest BCUT2D eigenvalue weighted by atomic mass is 10.2. The van der Waals surface area contributed by atoms with Crippen molar-refractivity contribution >= 4 is 49.8 Å². The summed E-state index contributed by atoms with van der Waals surface area (Å²) in [6.07, 6.45) is 1.71. The Labute approximate surface area is 122 Å². The van der Waals surface area contributed by atoms with Gasteiger partial charge in [0.15, 0.2) is 0 Å². The van der Waals surface area contributed by atoms with Crippen molar-refractivity contribution in [3.8, 4) is 0 Å². The van der Waals surface area contributed by atoms with Crippen LogP contribution in [0, 0.1) is 6.92 Å². The van der Waals surface area contributed by atoms with Crippen LogP contribution in [-0.2, 0) is 0 Å². The molecule has 4 nitrogen and oxygen atoms in total. The number of H-pyrrole nitrogens is 1. The summed E-state index contributed by atoms with van der Waals surface area (Å²) in [5, 5.41) is 10.7. The second kappa shape index (κ2) is 4.79. The summed E-state index contributed by atoms with van der Waals surface area (Å²) in [6, 6.07) is 7.54. The van der Waals surface area contributed by atoms with E-state index in [0.29, 0.717) is 4.88 Å². The maximum atomic E-state index is 12.2. The number of amides is 1. The molecule has 96 valence electrons. The molecule has 0 atom stereocenters. The molecule has 0 bridgehead atoms. The molecule has 0 aliphatic rings. The van der Waals surface area contributed by atoms with E-state index in [-0.39, 0.29) is 5.91 Å². The number of nitrogens with zero attached hydrogens (tertiary/aromatic N) is 1. The monoisotopic (exact) mass is 335 g/mol. The third-order valence-corrected chi connectivity index (χ3v) is 4.95. The van der Waals surface area contributed by atoms with Gasteiger partial charge < -0.3 is 5.32 Å². The first-order valence-electron chi connectivity index (χ1n) is 5.64. The first-order chi connectivity index (χ1) is 9.15. The molecule has 0 aliphatic carbocycles. The van der Waals surface area contributed by atoms with E-state index in [1.807, 2.05) is 31.2 Å². The van der Waals surface area contributed by atoms with Crippen molar-refractivity contribution in [2.75, 3.05) is 5.32 Å². The molecular formula is C13H10BrN3OS. The van der Waals surface area contributed by atoms with Crippen molar-refractivity contribution in [1.82, 2.24) is 10.2 Å². The van der Waals surface area contributed by atoms with Crippen LogP contribution in [0.2, 0.25) is 0 Å². The molecule has 2 N–H and O–H groups in total. The Morgan fingerprint density at radius 1 is 1.47 bits per heavy atom. The summed E-state index contributed by atoms with van der Waals surface area (Å²) < 4.78 is 0.985. The zero-order valence-corrected chi connectivity index (χ0v) is 12.4. The summed E-state index contributed by atoms with van der Waals surface area (Å²) in [5.41, 5.74) is 2.73. The SMILES string of the molecule is Cc1cc(C(=O)Nc2cccc3[nH]ncc23)sc1Br.